The van der Waals surface area contributed by atoms with E-state index < -0.39 is 21.3 Å². The Morgan fingerprint density at radius 2 is 1.00 bits per heavy atom. The van der Waals surface area contributed by atoms with Crippen LogP contribution in [0.2, 0.25) is 3.63 Å². The van der Waals surface area contributed by atoms with Gasteiger partial charge in [0.1, 0.15) is 0 Å². The average Bonchev–Trinajstić information content (AvgIpc) is 3.81. The molecule has 264 valence electrons. The normalized spacial score (nSPS) is 14.0. The molecule has 53 heavy (non-hydrogen) atoms. The zero-order valence-electron chi connectivity index (χ0n) is 30.6. The second-order valence-corrected chi connectivity index (χ2v) is 21.5. The van der Waals surface area contributed by atoms with Crippen LogP contribution in [0.3, 0.4) is 0 Å². The molecule has 1 nitrogen and oxygen atoms in total. The maximum absolute atomic E-state index is 2.79. The maximum Gasteiger partial charge on any atom is -1.00 e. The van der Waals surface area contributed by atoms with Gasteiger partial charge in [-0.05, 0) is 0 Å². The molecular weight excluding hydrogens is 765 g/mol. The molecule has 0 fully saturated rings. The van der Waals surface area contributed by atoms with Crippen molar-refractivity contribution in [3.63, 3.8) is 0 Å². The van der Waals surface area contributed by atoms with Crippen LogP contribution in [0.1, 0.15) is 63.3 Å². The number of nitrogens with zero attached hydrogens (tertiary/aromatic N) is 1. The summed E-state index contributed by atoms with van der Waals surface area (Å²) in [6.45, 7) is 8.75. The van der Waals surface area contributed by atoms with Gasteiger partial charge in [0.15, 0.2) is 0 Å². The summed E-state index contributed by atoms with van der Waals surface area (Å²) in [7, 11) is 0. The molecule has 4 heteroatoms. The van der Waals surface area contributed by atoms with Crippen LogP contribution >= 0.6 is 0 Å². The van der Waals surface area contributed by atoms with Crippen LogP contribution in [0.15, 0.2) is 182 Å². The average molecular weight is 810 g/mol. The van der Waals surface area contributed by atoms with Gasteiger partial charge >= 0.3 is 314 Å². The van der Waals surface area contributed by atoms with Crippen molar-refractivity contribution in [1.29, 1.82) is 0 Å². The van der Waals surface area contributed by atoms with E-state index in [0.717, 1.165) is 13.1 Å². The van der Waals surface area contributed by atoms with E-state index in [-0.39, 0.29) is 30.2 Å². The number of hydrogen-bond acceptors (Lipinski definition) is 1. The van der Waals surface area contributed by atoms with Gasteiger partial charge < -0.3 is 24.8 Å². The van der Waals surface area contributed by atoms with Gasteiger partial charge in [-0.25, -0.2) is 0 Å². The smallest absolute Gasteiger partial charge is 1.00 e. The van der Waals surface area contributed by atoms with E-state index in [2.05, 4.69) is 208 Å². The van der Waals surface area contributed by atoms with Crippen LogP contribution in [-0.4, -0.2) is 3.21 Å². The van der Waals surface area contributed by atoms with Crippen molar-refractivity contribution < 1.29 is 46.1 Å². The third kappa shape index (κ3) is 8.22. The number of allylic oxidation sites excluding steroid dienone is 4. The van der Waals surface area contributed by atoms with E-state index >= 15 is 0 Å². The number of halogens is 2. The Morgan fingerprint density at radius 3 is 1.49 bits per heavy atom. The van der Waals surface area contributed by atoms with E-state index in [0.29, 0.717) is 7.25 Å². The molecule has 0 saturated heterocycles. The van der Waals surface area contributed by atoms with Crippen molar-refractivity contribution >= 4 is 8.89 Å². The standard InChI is InChI=1S/C31H30N.C13H10.C5H5.2ClH.Zr/c1-31(2,3)27-14-16-29-25(19-27)18-26-20-28(15-17-30(26)29)32(21-23-10-6-4-7-11-23)22-24-12-8-5-9-13-24;1-3-7-12(8-4-1)11-13-9-5-2-6-10-13;1-2-4-5-3-1;;;/h4-20H,21-22H2,1-3H3;1-10H;1-5H;2*1H;/q;;;;;+2/p-2. The largest absolute Gasteiger partial charge is 1.00 e. The summed E-state index contributed by atoms with van der Waals surface area (Å²) in [6, 6.07) is 59.3. The summed E-state index contributed by atoms with van der Waals surface area (Å²) in [5, 5.41) is 0. The summed E-state index contributed by atoms with van der Waals surface area (Å²) in [5.41, 5.74) is 14.0. The Morgan fingerprint density at radius 1 is 0.547 bits per heavy atom. The number of fused-ring (bicyclic) bond motifs is 3. The molecule has 6 aromatic rings. The van der Waals surface area contributed by atoms with E-state index in [1.807, 2.05) is 0 Å². The van der Waals surface area contributed by atoms with E-state index in [1.54, 1.807) is 3.21 Å². The van der Waals surface area contributed by atoms with Crippen LogP contribution in [0.25, 0.3) is 11.1 Å². The number of hydrogen-bond donors (Lipinski definition) is 0. The first-order valence-corrected chi connectivity index (χ1v) is 22.3. The Labute approximate surface area is 336 Å². The summed E-state index contributed by atoms with van der Waals surface area (Å²) in [5.74, 6) is 0. The SMILES string of the molecule is CC(C)(C)c1ccc2c(c1)[CH]([Zr+2](=[C](c1ccccc1)c1ccccc1)[CH]1C=CC=C1)c1cc(N(Cc3ccccc3)Cc3ccccc3)ccc1-2.[Cl-].[Cl-]. The van der Waals surface area contributed by atoms with Crippen molar-refractivity contribution in [3.8, 4) is 11.1 Å². The predicted octanol–water partition coefficient (Wildman–Crippen LogP) is 6.07. The first kappa shape index (κ1) is 38.7. The molecule has 0 heterocycles. The fraction of sp³-hybridized carbons (Fsp3) is 0.163. The third-order valence-electron chi connectivity index (χ3n) is 10.5. The molecule has 0 N–H and O–H groups in total. The molecule has 0 radical (unpaired) electrons. The van der Waals surface area contributed by atoms with E-state index in [4.69, 9.17) is 0 Å². The van der Waals surface area contributed by atoms with Gasteiger partial charge in [-0.3, -0.25) is 0 Å². The van der Waals surface area contributed by atoms with Crippen molar-refractivity contribution in [3.05, 3.63) is 221 Å². The molecule has 1 unspecified atom stereocenters. The molecule has 0 aromatic heterocycles. The molecule has 8 rings (SSSR count). The summed E-state index contributed by atoms with van der Waals surface area (Å²) in [6.07, 6.45) is 9.60. The topological polar surface area (TPSA) is 3.24 Å². The Balaban J connectivity index is 0.00000240. The predicted molar refractivity (Wildman–Crippen MR) is 213 cm³/mol. The second-order valence-electron chi connectivity index (χ2n) is 14.9. The molecule has 2 aliphatic carbocycles. The molecule has 0 aliphatic heterocycles. The minimum atomic E-state index is -2.79. The Kier molecular flexibility index (Phi) is 12.4. The van der Waals surface area contributed by atoms with Crippen LogP contribution in [0.4, 0.5) is 5.69 Å². The van der Waals surface area contributed by atoms with Crippen LogP contribution in [0.5, 0.6) is 0 Å². The molecule has 0 amide bonds. The molecule has 6 aromatic carbocycles. The van der Waals surface area contributed by atoms with E-state index in [9.17, 15) is 0 Å². The van der Waals surface area contributed by atoms with Gasteiger partial charge in [-0.15, -0.1) is 0 Å². The van der Waals surface area contributed by atoms with Crippen molar-refractivity contribution in [2.75, 3.05) is 4.90 Å². The number of anilines is 1. The van der Waals surface area contributed by atoms with Crippen LogP contribution in [0, 0.1) is 0 Å². The zero-order valence-corrected chi connectivity index (χ0v) is 34.6. The van der Waals surface area contributed by atoms with Crippen molar-refractivity contribution in [2.45, 2.75) is 46.5 Å². The minimum Gasteiger partial charge on any atom is -1.00 e. The van der Waals surface area contributed by atoms with Gasteiger partial charge in [0.2, 0.25) is 0 Å². The molecule has 1 atom stereocenters. The molecule has 0 spiro atoms. The molecule has 2 aliphatic rings. The molecule has 0 bridgehead atoms. The Bertz CT molecular complexity index is 2140. The van der Waals surface area contributed by atoms with Crippen LogP contribution in [-0.2, 0) is 39.8 Å². The monoisotopic (exact) mass is 807 g/mol. The van der Waals surface area contributed by atoms with E-state index in [1.165, 1.54) is 55.8 Å². The quantitative estimate of drug-likeness (QED) is 0.172. The number of rotatable bonds is 9. The zero-order chi connectivity index (χ0) is 34.8. The first-order chi connectivity index (χ1) is 24.9. The Hall–Kier alpha value is -4.07. The van der Waals surface area contributed by atoms with Crippen molar-refractivity contribution in [1.82, 2.24) is 0 Å². The second kappa shape index (κ2) is 16.9. The van der Waals surface area contributed by atoms with Crippen LogP contribution < -0.4 is 29.7 Å². The summed E-state index contributed by atoms with van der Waals surface area (Å²) in [4.78, 5) is 2.57. The molecular formula is C49H45Cl2NZr. The van der Waals surface area contributed by atoms with Gasteiger partial charge in [-0.2, -0.15) is 0 Å². The van der Waals surface area contributed by atoms with Gasteiger partial charge in [0.25, 0.3) is 0 Å². The fourth-order valence-corrected chi connectivity index (χ4v) is 17.3. The summed E-state index contributed by atoms with van der Waals surface area (Å²) >= 11 is -2.79. The van der Waals surface area contributed by atoms with Gasteiger partial charge in [0, 0.05) is 0 Å². The van der Waals surface area contributed by atoms with Crippen molar-refractivity contribution in [2.24, 2.45) is 0 Å². The fourth-order valence-electron chi connectivity index (χ4n) is 7.95. The van der Waals surface area contributed by atoms with Gasteiger partial charge in [-0.1, -0.05) is 0 Å². The van der Waals surface area contributed by atoms with Gasteiger partial charge in [0.05, 0.1) is 0 Å². The maximum atomic E-state index is 2.59. The summed E-state index contributed by atoms with van der Waals surface area (Å²) < 4.78 is 2.39. The molecule has 0 saturated carbocycles. The first-order valence-electron chi connectivity index (χ1n) is 18.3. The third-order valence-corrected chi connectivity index (χ3v) is 19.1. The minimum absolute atomic E-state index is 0. The number of benzene rings is 6.